The Bertz CT molecular complexity index is 602. The second kappa shape index (κ2) is 5.33. The number of carbonyl (C=O) groups is 1. The van der Waals surface area contributed by atoms with Gasteiger partial charge >= 0.3 is 0 Å². The lowest BCUT2D eigenvalue weighted by Gasteiger charge is -2.13. The summed E-state index contributed by atoms with van der Waals surface area (Å²) in [5.74, 6) is 0.688. The van der Waals surface area contributed by atoms with Crippen LogP contribution in [0.25, 0.3) is 10.1 Å². The molecule has 2 aromatic rings. The summed E-state index contributed by atoms with van der Waals surface area (Å²) < 4.78 is 1.38. The molecule has 0 aliphatic heterocycles. The molecule has 1 aliphatic rings. The number of carbonyl (C=O) groups excluding carboxylic acids is 1. The maximum absolute atomic E-state index is 11.6. The van der Waals surface area contributed by atoms with Crippen LogP contribution >= 0.6 is 11.3 Å². The van der Waals surface area contributed by atoms with Crippen molar-refractivity contribution < 1.29 is 4.79 Å². The molecule has 0 fully saturated rings. The molecule has 1 atom stereocenters. The van der Waals surface area contributed by atoms with Gasteiger partial charge in [-0.25, -0.2) is 0 Å². The first-order valence-corrected chi connectivity index (χ1v) is 7.92. The van der Waals surface area contributed by atoms with Crippen molar-refractivity contribution >= 4 is 27.3 Å². The quantitative estimate of drug-likeness (QED) is 0.900. The van der Waals surface area contributed by atoms with E-state index in [-0.39, 0.29) is 5.91 Å². The van der Waals surface area contributed by atoms with Crippen LogP contribution in [0.5, 0.6) is 0 Å². The van der Waals surface area contributed by atoms with Gasteiger partial charge in [0.1, 0.15) is 0 Å². The molecule has 1 heterocycles. The molecular formula is C16H19NOS. The Balaban J connectivity index is 1.75. The van der Waals surface area contributed by atoms with E-state index in [4.69, 9.17) is 0 Å². The maximum Gasteiger partial charge on any atom is 0.220 e. The average molecular weight is 273 g/mol. The van der Waals surface area contributed by atoms with Gasteiger partial charge in [-0.3, -0.25) is 4.79 Å². The smallest absolute Gasteiger partial charge is 0.220 e. The van der Waals surface area contributed by atoms with Gasteiger partial charge in [0.25, 0.3) is 0 Å². The number of nitrogens with one attached hydrogen (secondary N) is 1. The Hall–Kier alpha value is -1.35. The first-order chi connectivity index (χ1) is 9.28. The van der Waals surface area contributed by atoms with Crippen LogP contribution in [0.15, 0.2) is 23.6 Å². The molecule has 0 saturated carbocycles. The number of rotatable bonds is 4. The second-order valence-electron chi connectivity index (χ2n) is 5.30. The molecule has 1 unspecified atom stereocenters. The fraction of sp³-hybridized carbons (Fsp3) is 0.438. The average Bonchev–Trinajstić information content (AvgIpc) is 3.00. The zero-order chi connectivity index (χ0) is 13.2. The van der Waals surface area contributed by atoms with Crippen molar-refractivity contribution in [2.45, 2.75) is 38.5 Å². The monoisotopic (exact) mass is 273 g/mol. The topological polar surface area (TPSA) is 29.1 Å². The molecule has 3 rings (SSSR count). The van der Waals surface area contributed by atoms with Crippen LogP contribution in [0.2, 0.25) is 0 Å². The zero-order valence-corrected chi connectivity index (χ0v) is 12.1. The SMILES string of the molecule is CCCC(=O)NCC1CCc2cc3sccc3cc21. The summed E-state index contributed by atoms with van der Waals surface area (Å²) in [5, 5.41) is 6.57. The number of fused-ring (bicyclic) bond motifs is 2. The van der Waals surface area contributed by atoms with Crippen molar-refractivity contribution in [3.05, 3.63) is 34.7 Å². The molecule has 0 saturated heterocycles. The van der Waals surface area contributed by atoms with E-state index in [2.05, 4.69) is 28.9 Å². The van der Waals surface area contributed by atoms with Crippen molar-refractivity contribution in [2.75, 3.05) is 6.54 Å². The van der Waals surface area contributed by atoms with Gasteiger partial charge in [0, 0.05) is 23.6 Å². The highest BCUT2D eigenvalue weighted by Gasteiger charge is 2.23. The molecule has 2 nitrogen and oxygen atoms in total. The van der Waals surface area contributed by atoms with Gasteiger partial charge in [-0.05, 0) is 59.4 Å². The van der Waals surface area contributed by atoms with Gasteiger partial charge in [-0.15, -0.1) is 11.3 Å². The fourth-order valence-electron chi connectivity index (χ4n) is 2.92. The van der Waals surface area contributed by atoms with Crippen LogP contribution < -0.4 is 5.32 Å². The Kier molecular flexibility index (Phi) is 3.56. The van der Waals surface area contributed by atoms with E-state index >= 15 is 0 Å². The van der Waals surface area contributed by atoms with E-state index in [0.29, 0.717) is 12.3 Å². The van der Waals surface area contributed by atoms with E-state index in [1.54, 1.807) is 0 Å². The van der Waals surface area contributed by atoms with Gasteiger partial charge in [0.2, 0.25) is 5.91 Å². The molecule has 1 aliphatic carbocycles. The number of hydrogen-bond acceptors (Lipinski definition) is 2. The lowest BCUT2D eigenvalue weighted by Crippen LogP contribution is -2.27. The first-order valence-electron chi connectivity index (χ1n) is 7.04. The largest absolute Gasteiger partial charge is 0.355 e. The van der Waals surface area contributed by atoms with Crippen LogP contribution in [-0.4, -0.2) is 12.5 Å². The predicted octanol–water partition coefficient (Wildman–Crippen LogP) is 3.85. The molecule has 0 spiro atoms. The van der Waals surface area contributed by atoms with Gasteiger partial charge in [0.15, 0.2) is 0 Å². The van der Waals surface area contributed by atoms with Gasteiger partial charge < -0.3 is 5.32 Å². The third-order valence-electron chi connectivity index (χ3n) is 3.94. The molecular weight excluding hydrogens is 254 g/mol. The van der Waals surface area contributed by atoms with E-state index in [1.807, 2.05) is 18.3 Å². The van der Waals surface area contributed by atoms with Crippen molar-refractivity contribution in [1.82, 2.24) is 5.32 Å². The van der Waals surface area contributed by atoms with E-state index < -0.39 is 0 Å². The lowest BCUT2D eigenvalue weighted by atomic mass is 10.00. The second-order valence-corrected chi connectivity index (χ2v) is 6.25. The summed E-state index contributed by atoms with van der Waals surface area (Å²) in [6.45, 7) is 2.83. The summed E-state index contributed by atoms with van der Waals surface area (Å²) in [6, 6.07) is 6.85. The van der Waals surface area contributed by atoms with E-state index in [0.717, 1.165) is 19.4 Å². The van der Waals surface area contributed by atoms with Crippen molar-refractivity contribution in [3.8, 4) is 0 Å². The van der Waals surface area contributed by atoms with Crippen LogP contribution in [0.3, 0.4) is 0 Å². The number of hydrogen-bond donors (Lipinski definition) is 1. The summed E-state index contributed by atoms with van der Waals surface area (Å²) in [5.41, 5.74) is 2.92. The van der Waals surface area contributed by atoms with Crippen LogP contribution in [0.4, 0.5) is 0 Å². The van der Waals surface area contributed by atoms with Crippen LogP contribution in [0, 0.1) is 0 Å². The zero-order valence-electron chi connectivity index (χ0n) is 11.2. The number of aryl methyl sites for hydroxylation is 1. The van der Waals surface area contributed by atoms with Gasteiger partial charge in [-0.2, -0.15) is 0 Å². The van der Waals surface area contributed by atoms with Crippen LogP contribution in [0.1, 0.15) is 43.2 Å². The molecule has 0 radical (unpaired) electrons. The Morgan fingerprint density at radius 2 is 2.37 bits per heavy atom. The molecule has 3 heteroatoms. The van der Waals surface area contributed by atoms with Crippen molar-refractivity contribution in [2.24, 2.45) is 0 Å². The molecule has 19 heavy (non-hydrogen) atoms. The number of thiophene rings is 1. The third-order valence-corrected chi connectivity index (χ3v) is 4.82. The molecule has 0 bridgehead atoms. The third kappa shape index (κ3) is 2.52. The standard InChI is InChI=1S/C16H19NOS/c1-2-3-16(18)17-10-13-5-4-11-9-15-12(6-7-19-15)8-14(11)13/h6-9,13H,2-5,10H2,1H3,(H,17,18). The molecule has 1 amide bonds. The fourth-order valence-corrected chi connectivity index (χ4v) is 3.75. The Morgan fingerprint density at radius 3 is 3.21 bits per heavy atom. The summed E-state index contributed by atoms with van der Waals surface area (Å²) >= 11 is 1.81. The summed E-state index contributed by atoms with van der Waals surface area (Å²) in [7, 11) is 0. The maximum atomic E-state index is 11.6. The highest BCUT2D eigenvalue weighted by Crippen LogP contribution is 2.36. The molecule has 1 N–H and O–H groups in total. The minimum Gasteiger partial charge on any atom is -0.355 e. The van der Waals surface area contributed by atoms with Crippen LogP contribution in [-0.2, 0) is 11.2 Å². The molecule has 1 aromatic carbocycles. The van der Waals surface area contributed by atoms with Crippen molar-refractivity contribution in [3.63, 3.8) is 0 Å². The minimum atomic E-state index is 0.188. The number of benzene rings is 1. The lowest BCUT2D eigenvalue weighted by molar-refractivity contribution is -0.121. The Labute approximate surface area is 117 Å². The number of amides is 1. The van der Waals surface area contributed by atoms with E-state index in [9.17, 15) is 4.79 Å². The summed E-state index contributed by atoms with van der Waals surface area (Å²) in [6.07, 6.45) is 3.88. The Morgan fingerprint density at radius 1 is 1.47 bits per heavy atom. The van der Waals surface area contributed by atoms with Gasteiger partial charge in [0.05, 0.1) is 0 Å². The van der Waals surface area contributed by atoms with Gasteiger partial charge in [-0.1, -0.05) is 6.92 Å². The molecule has 100 valence electrons. The minimum absolute atomic E-state index is 0.188. The highest BCUT2D eigenvalue weighted by atomic mass is 32.1. The highest BCUT2D eigenvalue weighted by molar-refractivity contribution is 7.17. The first kappa shape index (κ1) is 12.7. The predicted molar refractivity (Wildman–Crippen MR) is 80.8 cm³/mol. The summed E-state index contributed by atoms with van der Waals surface area (Å²) in [4.78, 5) is 11.6. The van der Waals surface area contributed by atoms with Crippen molar-refractivity contribution in [1.29, 1.82) is 0 Å². The molecule has 1 aromatic heterocycles. The normalized spacial score (nSPS) is 17.6. The van der Waals surface area contributed by atoms with E-state index in [1.165, 1.54) is 27.6 Å².